The van der Waals surface area contributed by atoms with E-state index in [2.05, 4.69) is 9.88 Å². The van der Waals surface area contributed by atoms with Gasteiger partial charge in [0.1, 0.15) is 0 Å². The molecule has 106 valence electrons. The van der Waals surface area contributed by atoms with E-state index < -0.39 is 0 Å². The molecule has 0 N–H and O–H groups in total. The van der Waals surface area contributed by atoms with E-state index >= 15 is 0 Å². The van der Waals surface area contributed by atoms with Crippen molar-refractivity contribution in [3.63, 3.8) is 0 Å². The lowest BCUT2D eigenvalue weighted by molar-refractivity contribution is 0.0901. The van der Waals surface area contributed by atoms with E-state index in [1.807, 2.05) is 56.7 Å². The predicted molar refractivity (Wildman–Crippen MR) is 83.1 cm³/mol. The van der Waals surface area contributed by atoms with Gasteiger partial charge >= 0.3 is 0 Å². The lowest BCUT2D eigenvalue weighted by Gasteiger charge is -2.20. The molecule has 0 aliphatic heterocycles. The van der Waals surface area contributed by atoms with Crippen molar-refractivity contribution < 1.29 is 4.79 Å². The molecule has 0 bridgehead atoms. The number of carbonyl (C=O) groups is 1. The Kier molecular flexibility index (Phi) is 5.04. The second kappa shape index (κ2) is 6.77. The number of Topliss-reactive ketones (excluding diaryl/α,β-unsaturated/α-hetero) is 1. The quantitative estimate of drug-likeness (QED) is 0.764. The molecule has 0 aliphatic carbocycles. The van der Waals surface area contributed by atoms with Gasteiger partial charge in [-0.05, 0) is 14.0 Å². The Hall–Kier alpha value is -1.52. The first-order valence-corrected chi connectivity index (χ1v) is 7.62. The van der Waals surface area contributed by atoms with Crippen LogP contribution in [0.15, 0.2) is 35.8 Å². The van der Waals surface area contributed by atoms with Crippen LogP contribution in [0, 0.1) is 12.8 Å². The van der Waals surface area contributed by atoms with E-state index in [4.69, 9.17) is 0 Å². The smallest absolute Gasteiger partial charge is 0.166 e. The van der Waals surface area contributed by atoms with Crippen LogP contribution >= 0.6 is 11.3 Å². The van der Waals surface area contributed by atoms with Crippen molar-refractivity contribution in [2.24, 2.45) is 5.92 Å². The summed E-state index contributed by atoms with van der Waals surface area (Å²) in [7, 11) is 2.05. The normalized spacial score (nSPS) is 12.6. The topological polar surface area (TPSA) is 33.2 Å². The van der Waals surface area contributed by atoms with E-state index in [1.165, 1.54) is 4.88 Å². The zero-order chi connectivity index (χ0) is 14.5. The van der Waals surface area contributed by atoms with Gasteiger partial charge in [-0.15, -0.1) is 11.3 Å². The molecule has 0 radical (unpaired) electrons. The molecular weight excluding hydrogens is 268 g/mol. The SMILES string of the molecule is Cc1ncsc1CN(C)CC(C)C(=O)c1ccccc1. The molecule has 0 fully saturated rings. The number of aryl methyl sites for hydroxylation is 1. The van der Waals surface area contributed by atoms with Crippen molar-refractivity contribution in [3.8, 4) is 0 Å². The van der Waals surface area contributed by atoms with Crippen LogP contribution < -0.4 is 0 Å². The minimum absolute atomic E-state index is 0.00405. The van der Waals surface area contributed by atoms with Crippen LogP contribution in [0.2, 0.25) is 0 Å². The molecule has 0 amide bonds. The van der Waals surface area contributed by atoms with Crippen molar-refractivity contribution in [1.29, 1.82) is 0 Å². The van der Waals surface area contributed by atoms with Crippen molar-refractivity contribution in [2.45, 2.75) is 20.4 Å². The maximum absolute atomic E-state index is 12.3. The number of aromatic nitrogens is 1. The van der Waals surface area contributed by atoms with Crippen molar-refractivity contribution in [3.05, 3.63) is 52.0 Å². The Morgan fingerprint density at radius 2 is 2.05 bits per heavy atom. The number of rotatable bonds is 6. The van der Waals surface area contributed by atoms with Gasteiger partial charge in [0, 0.05) is 29.4 Å². The zero-order valence-corrected chi connectivity index (χ0v) is 13.0. The number of nitrogens with zero attached hydrogens (tertiary/aromatic N) is 2. The van der Waals surface area contributed by atoms with Crippen LogP contribution in [0.25, 0.3) is 0 Å². The van der Waals surface area contributed by atoms with Gasteiger partial charge in [-0.3, -0.25) is 4.79 Å². The second-order valence-electron chi connectivity index (χ2n) is 5.19. The molecule has 0 aliphatic rings. The molecule has 20 heavy (non-hydrogen) atoms. The van der Waals surface area contributed by atoms with Gasteiger partial charge in [0.15, 0.2) is 5.78 Å². The van der Waals surface area contributed by atoms with Crippen LogP contribution in [0.3, 0.4) is 0 Å². The van der Waals surface area contributed by atoms with Crippen LogP contribution in [-0.2, 0) is 6.54 Å². The number of carbonyl (C=O) groups excluding carboxylic acids is 1. The van der Waals surface area contributed by atoms with E-state index in [9.17, 15) is 4.79 Å². The third-order valence-electron chi connectivity index (χ3n) is 3.35. The fourth-order valence-corrected chi connectivity index (χ4v) is 3.08. The van der Waals surface area contributed by atoms with Gasteiger partial charge in [0.25, 0.3) is 0 Å². The van der Waals surface area contributed by atoms with Crippen LogP contribution in [0.1, 0.15) is 27.9 Å². The number of hydrogen-bond donors (Lipinski definition) is 0. The van der Waals surface area contributed by atoms with Crippen LogP contribution in [0.5, 0.6) is 0 Å². The highest BCUT2D eigenvalue weighted by atomic mass is 32.1. The Labute approximate surface area is 124 Å². The van der Waals surface area contributed by atoms with Crippen molar-refractivity contribution in [2.75, 3.05) is 13.6 Å². The monoisotopic (exact) mass is 288 g/mol. The van der Waals surface area contributed by atoms with E-state index in [0.29, 0.717) is 0 Å². The molecule has 2 aromatic rings. The third kappa shape index (κ3) is 3.74. The largest absolute Gasteiger partial charge is 0.301 e. The van der Waals surface area contributed by atoms with Gasteiger partial charge < -0.3 is 4.90 Å². The molecule has 0 saturated heterocycles. The lowest BCUT2D eigenvalue weighted by atomic mass is 9.99. The summed E-state index contributed by atoms with van der Waals surface area (Å²) in [4.78, 5) is 20.0. The van der Waals surface area contributed by atoms with E-state index in [-0.39, 0.29) is 11.7 Å². The maximum Gasteiger partial charge on any atom is 0.166 e. The molecule has 2 rings (SSSR count). The number of hydrogen-bond acceptors (Lipinski definition) is 4. The molecule has 4 heteroatoms. The summed E-state index contributed by atoms with van der Waals surface area (Å²) in [5.41, 5.74) is 3.75. The highest BCUT2D eigenvalue weighted by Crippen LogP contribution is 2.16. The molecule has 3 nitrogen and oxygen atoms in total. The first-order valence-electron chi connectivity index (χ1n) is 6.74. The highest BCUT2D eigenvalue weighted by Gasteiger charge is 2.17. The molecule has 0 spiro atoms. The molecular formula is C16H20N2OS. The molecule has 1 aromatic heterocycles. The minimum Gasteiger partial charge on any atom is -0.301 e. The molecule has 1 heterocycles. The van der Waals surface area contributed by atoms with Gasteiger partial charge in [-0.1, -0.05) is 37.3 Å². The summed E-state index contributed by atoms with van der Waals surface area (Å²) in [5.74, 6) is 0.203. The summed E-state index contributed by atoms with van der Waals surface area (Å²) in [6.45, 7) is 5.62. The van der Waals surface area contributed by atoms with E-state index in [0.717, 1.165) is 24.3 Å². The lowest BCUT2D eigenvalue weighted by Crippen LogP contribution is -2.28. The summed E-state index contributed by atoms with van der Waals surface area (Å²) < 4.78 is 0. The Morgan fingerprint density at radius 1 is 1.35 bits per heavy atom. The van der Waals surface area contributed by atoms with Gasteiger partial charge in [-0.25, -0.2) is 4.98 Å². The van der Waals surface area contributed by atoms with Crippen LogP contribution in [-0.4, -0.2) is 29.3 Å². The average molecular weight is 288 g/mol. The zero-order valence-electron chi connectivity index (χ0n) is 12.2. The van der Waals surface area contributed by atoms with Gasteiger partial charge in [-0.2, -0.15) is 0 Å². The Bertz CT molecular complexity index is 565. The third-order valence-corrected chi connectivity index (χ3v) is 4.27. The van der Waals surface area contributed by atoms with Crippen LogP contribution in [0.4, 0.5) is 0 Å². The van der Waals surface area contributed by atoms with Gasteiger partial charge in [0.05, 0.1) is 11.2 Å². The number of thiazole rings is 1. The minimum atomic E-state index is -0.00405. The van der Waals surface area contributed by atoms with Crippen molar-refractivity contribution >= 4 is 17.1 Å². The molecule has 0 saturated carbocycles. The fraction of sp³-hybridized carbons (Fsp3) is 0.375. The summed E-state index contributed by atoms with van der Waals surface area (Å²) >= 11 is 1.67. The Morgan fingerprint density at radius 3 is 2.65 bits per heavy atom. The first kappa shape index (κ1) is 14.9. The first-order chi connectivity index (χ1) is 9.58. The molecule has 1 atom stereocenters. The number of ketones is 1. The molecule has 1 unspecified atom stereocenters. The molecule has 1 aromatic carbocycles. The average Bonchev–Trinajstić information content (AvgIpc) is 2.84. The standard InChI is InChI=1S/C16H20N2OS/c1-12(16(19)14-7-5-4-6-8-14)9-18(3)10-15-13(2)17-11-20-15/h4-8,11-12H,9-10H2,1-3H3. The van der Waals surface area contributed by atoms with Gasteiger partial charge in [0.2, 0.25) is 0 Å². The fourth-order valence-electron chi connectivity index (χ4n) is 2.23. The Balaban J connectivity index is 1.92. The summed E-state index contributed by atoms with van der Waals surface area (Å²) in [5, 5.41) is 0. The summed E-state index contributed by atoms with van der Waals surface area (Å²) in [6, 6.07) is 9.51. The van der Waals surface area contributed by atoms with Crippen molar-refractivity contribution in [1.82, 2.24) is 9.88 Å². The predicted octanol–water partition coefficient (Wildman–Crippen LogP) is 3.40. The summed E-state index contributed by atoms with van der Waals surface area (Å²) in [6.07, 6.45) is 0. The highest BCUT2D eigenvalue weighted by molar-refractivity contribution is 7.09. The maximum atomic E-state index is 12.3. The van der Waals surface area contributed by atoms with E-state index in [1.54, 1.807) is 11.3 Å². The second-order valence-corrected chi connectivity index (χ2v) is 6.13. The number of benzene rings is 1.